The van der Waals surface area contributed by atoms with Gasteiger partial charge in [0.15, 0.2) is 11.6 Å². The Morgan fingerprint density at radius 3 is 2.38 bits per heavy atom. The van der Waals surface area contributed by atoms with Gasteiger partial charge in [-0.15, -0.1) is 0 Å². The van der Waals surface area contributed by atoms with Crippen LogP contribution < -0.4 is 15.0 Å². The van der Waals surface area contributed by atoms with Gasteiger partial charge >= 0.3 is 0 Å². The molecular weight excluding hydrogens is 579 g/mol. The summed E-state index contributed by atoms with van der Waals surface area (Å²) in [5.74, 6) is -1.23. The molecule has 1 N–H and O–H groups in total. The maximum atomic E-state index is 15.5. The van der Waals surface area contributed by atoms with E-state index < -0.39 is 17.5 Å². The molecule has 1 fully saturated rings. The van der Waals surface area contributed by atoms with Gasteiger partial charge in [-0.1, -0.05) is 26.3 Å². The number of benzene rings is 2. The molecular formula is C35H36F3N5O2. The van der Waals surface area contributed by atoms with E-state index in [1.807, 2.05) is 32.0 Å². The van der Waals surface area contributed by atoms with Gasteiger partial charge < -0.3 is 19.7 Å². The summed E-state index contributed by atoms with van der Waals surface area (Å²) < 4.78 is 55.3. The SMILES string of the molecule is CCC.COc1ccc(-c2cnc(N3CCOCC3)cc2Nc2c(C)c(-c3cc(C)ccn3)nc3cc(F)cc(F)c23)cc1F. The van der Waals surface area contributed by atoms with Crippen LogP contribution in [0.5, 0.6) is 5.75 Å². The first kappa shape index (κ1) is 31.7. The number of nitrogens with zero attached hydrogens (tertiary/aromatic N) is 4. The average molecular weight is 616 g/mol. The number of hydrogen-bond donors (Lipinski definition) is 1. The van der Waals surface area contributed by atoms with Crippen molar-refractivity contribution in [1.29, 1.82) is 0 Å². The Hall–Kier alpha value is -4.70. The number of hydrogen-bond acceptors (Lipinski definition) is 7. The number of anilines is 3. The van der Waals surface area contributed by atoms with Crippen LogP contribution >= 0.6 is 0 Å². The lowest BCUT2D eigenvalue weighted by atomic mass is 10.0. The molecule has 5 aromatic rings. The smallest absolute Gasteiger partial charge is 0.165 e. The van der Waals surface area contributed by atoms with Gasteiger partial charge in [0, 0.05) is 54.8 Å². The number of methoxy groups -OCH3 is 1. The summed E-state index contributed by atoms with van der Waals surface area (Å²) in [5.41, 5.74) is 4.84. The van der Waals surface area contributed by atoms with Crippen molar-refractivity contribution in [2.75, 3.05) is 43.6 Å². The van der Waals surface area contributed by atoms with Crippen molar-refractivity contribution >= 4 is 28.1 Å². The number of pyridine rings is 3. The summed E-state index contributed by atoms with van der Waals surface area (Å²) in [6.07, 6.45) is 4.58. The topological polar surface area (TPSA) is 72.4 Å². The lowest BCUT2D eigenvalue weighted by molar-refractivity contribution is 0.122. The van der Waals surface area contributed by atoms with E-state index in [4.69, 9.17) is 9.47 Å². The fraction of sp³-hybridized carbons (Fsp3) is 0.286. The molecule has 1 aliphatic heterocycles. The van der Waals surface area contributed by atoms with Gasteiger partial charge in [-0.2, -0.15) is 0 Å². The third-order valence-electron chi connectivity index (χ3n) is 7.35. The highest BCUT2D eigenvalue weighted by atomic mass is 19.1. The second-order valence-electron chi connectivity index (χ2n) is 10.8. The van der Waals surface area contributed by atoms with Crippen molar-refractivity contribution < 1.29 is 22.6 Å². The molecule has 0 bridgehead atoms. The van der Waals surface area contributed by atoms with Crippen molar-refractivity contribution in [3.63, 3.8) is 0 Å². The molecule has 0 radical (unpaired) electrons. The van der Waals surface area contributed by atoms with Gasteiger partial charge in [0.05, 0.1) is 54.0 Å². The van der Waals surface area contributed by atoms with Crippen LogP contribution in [-0.4, -0.2) is 48.4 Å². The quantitative estimate of drug-likeness (QED) is 0.206. The van der Waals surface area contributed by atoms with Crippen LogP contribution in [0.1, 0.15) is 31.4 Å². The van der Waals surface area contributed by atoms with E-state index in [1.165, 1.54) is 25.7 Å². The Morgan fingerprint density at radius 2 is 1.69 bits per heavy atom. The number of rotatable bonds is 6. The molecule has 45 heavy (non-hydrogen) atoms. The Balaban J connectivity index is 0.00000128. The maximum Gasteiger partial charge on any atom is 0.165 e. The predicted molar refractivity (Wildman–Crippen MR) is 173 cm³/mol. The third-order valence-corrected chi connectivity index (χ3v) is 7.35. The lowest BCUT2D eigenvalue weighted by Gasteiger charge is -2.28. The number of halogens is 3. The van der Waals surface area contributed by atoms with Crippen molar-refractivity contribution in [3.05, 3.63) is 89.5 Å². The molecule has 7 nitrogen and oxygen atoms in total. The van der Waals surface area contributed by atoms with Crippen molar-refractivity contribution in [3.8, 4) is 28.3 Å². The summed E-state index contributed by atoms with van der Waals surface area (Å²) in [6, 6.07) is 12.3. The highest BCUT2D eigenvalue weighted by Gasteiger charge is 2.22. The zero-order valence-corrected chi connectivity index (χ0v) is 26.0. The minimum Gasteiger partial charge on any atom is -0.494 e. The molecule has 6 rings (SSSR count). The van der Waals surface area contributed by atoms with E-state index in [1.54, 1.807) is 24.5 Å². The molecule has 1 aliphatic rings. The van der Waals surface area contributed by atoms with Crippen molar-refractivity contribution in [2.45, 2.75) is 34.1 Å². The fourth-order valence-electron chi connectivity index (χ4n) is 5.19. The zero-order chi connectivity index (χ0) is 32.1. The summed E-state index contributed by atoms with van der Waals surface area (Å²) in [6.45, 7) is 10.4. The van der Waals surface area contributed by atoms with Crippen LogP contribution in [0.3, 0.4) is 0 Å². The van der Waals surface area contributed by atoms with Crippen LogP contribution in [0.25, 0.3) is 33.4 Å². The van der Waals surface area contributed by atoms with E-state index in [0.29, 0.717) is 71.6 Å². The van der Waals surface area contributed by atoms with E-state index in [2.05, 4.69) is 39.0 Å². The van der Waals surface area contributed by atoms with E-state index in [0.717, 1.165) is 11.6 Å². The third kappa shape index (κ3) is 6.86. The largest absolute Gasteiger partial charge is 0.494 e. The average Bonchev–Trinajstić information content (AvgIpc) is 3.03. The molecule has 0 aliphatic carbocycles. The second kappa shape index (κ2) is 13.9. The summed E-state index contributed by atoms with van der Waals surface area (Å²) in [5, 5.41) is 3.54. The first-order chi connectivity index (χ1) is 21.7. The number of fused-ring (bicyclic) bond motifs is 1. The Kier molecular flexibility index (Phi) is 9.83. The molecule has 0 saturated carbocycles. The highest BCUT2D eigenvalue weighted by Crippen LogP contribution is 2.40. The molecule has 0 atom stereocenters. The predicted octanol–water partition coefficient (Wildman–Crippen LogP) is 8.40. The molecule has 0 spiro atoms. The molecule has 2 aromatic carbocycles. The number of ether oxygens (including phenoxy) is 2. The second-order valence-corrected chi connectivity index (χ2v) is 10.8. The highest BCUT2D eigenvalue weighted by molar-refractivity contribution is 5.99. The molecule has 1 saturated heterocycles. The lowest BCUT2D eigenvalue weighted by Crippen LogP contribution is -2.36. The normalized spacial score (nSPS) is 12.9. The molecule has 234 valence electrons. The monoisotopic (exact) mass is 615 g/mol. The Bertz CT molecular complexity index is 1830. The fourth-order valence-corrected chi connectivity index (χ4v) is 5.19. The van der Waals surface area contributed by atoms with Crippen molar-refractivity contribution in [2.24, 2.45) is 0 Å². The molecule has 10 heteroatoms. The zero-order valence-electron chi connectivity index (χ0n) is 26.0. The minimum atomic E-state index is -0.758. The van der Waals surface area contributed by atoms with Crippen LogP contribution in [0.2, 0.25) is 0 Å². The summed E-state index contributed by atoms with van der Waals surface area (Å²) in [7, 11) is 1.40. The molecule has 4 heterocycles. The Morgan fingerprint density at radius 1 is 0.933 bits per heavy atom. The van der Waals surface area contributed by atoms with Gasteiger partial charge in [0.1, 0.15) is 17.5 Å². The molecule has 0 amide bonds. The van der Waals surface area contributed by atoms with Crippen LogP contribution in [0.4, 0.5) is 30.4 Å². The number of aromatic nitrogens is 3. The number of morpholine rings is 1. The number of aryl methyl sites for hydroxylation is 1. The maximum absolute atomic E-state index is 15.5. The summed E-state index contributed by atoms with van der Waals surface area (Å²) >= 11 is 0. The molecule has 3 aromatic heterocycles. The first-order valence-electron chi connectivity index (χ1n) is 14.9. The van der Waals surface area contributed by atoms with Crippen LogP contribution in [0, 0.1) is 31.3 Å². The Labute approximate surface area is 261 Å². The molecule has 0 unspecified atom stereocenters. The first-order valence-corrected chi connectivity index (χ1v) is 14.9. The van der Waals surface area contributed by atoms with Gasteiger partial charge in [0.25, 0.3) is 0 Å². The standard InChI is InChI=1S/C32H28F3N5O2.C3H8/c1-18-6-7-36-27(12-18)31-19(2)32(30-24(35)14-21(33)15-26(30)39-31)38-25-16-29(40-8-10-42-11-9-40)37-17-22(25)20-4-5-28(41-3)23(34)13-20;1-3-2/h4-7,12-17H,8-11H2,1-3H3,(H,37,38,39);3H2,1-2H3. The van der Waals surface area contributed by atoms with Crippen LogP contribution in [-0.2, 0) is 4.74 Å². The van der Waals surface area contributed by atoms with Crippen LogP contribution in [0.15, 0.2) is 60.9 Å². The summed E-state index contributed by atoms with van der Waals surface area (Å²) in [4.78, 5) is 15.9. The minimum absolute atomic E-state index is 0.113. The van der Waals surface area contributed by atoms with Gasteiger partial charge in [-0.3, -0.25) is 4.98 Å². The van der Waals surface area contributed by atoms with Gasteiger partial charge in [0.2, 0.25) is 0 Å². The van der Waals surface area contributed by atoms with Gasteiger partial charge in [-0.25, -0.2) is 23.1 Å². The van der Waals surface area contributed by atoms with Crippen molar-refractivity contribution in [1.82, 2.24) is 15.0 Å². The number of nitrogens with one attached hydrogen (secondary N) is 1. The van der Waals surface area contributed by atoms with Gasteiger partial charge in [-0.05, 0) is 49.2 Å². The van der Waals surface area contributed by atoms with E-state index in [-0.39, 0.29) is 16.7 Å². The van der Waals surface area contributed by atoms with E-state index in [9.17, 15) is 8.78 Å². The van der Waals surface area contributed by atoms with E-state index >= 15 is 4.39 Å².